The van der Waals surface area contributed by atoms with Gasteiger partial charge in [-0.1, -0.05) is 17.3 Å². The number of esters is 1. The molecule has 3 aromatic rings. The summed E-state index contributed by atoms with van der Waals surface area (Å²) in [6.45, 7) is 3.87. The largest absolute Gasteiger partial charge is 0.449 e. The van der Waals surface area contributed by atoms with Gasteiger partial charge in [-0.15, -0.1) is 0 Å². The number of nitrogens with zero attached hydrogens (tertiary/aromatic N) is 3. The molecule has 1 unspecified atom stereocenters. The zero-order chi connectivity index (χ0) is 23.3. The maximum atomic E-state index is 13.8. The Kier molecular flexibility index (Phi) is 7.11. The van der Waals surface area contributed by atoms with E-state index in [2.05, 4.69) is 15.5 Å². The number of hydrogen-bond donors (Lipinski definition) is 1. The molecule has 0 fully saturated rings. The molecule has 0 saturated heterocycles. The number of methoxy groups -OCH3 is 1. The molecule has 0 spiro atoms. The highest BCUT2D eigenvalue weighted by molar-refractivity contribution is 5.91. The van der Waals surface area contributed by atoms with Crippen LogP contribution in [0.1, 0.15) is 34.8 Å². The van der Waals surface area contributed by atoms with Gasteiger partial charge >= 0.3 is 5.97 Å². The number of aromatic nitrogens is 2. The average Bonchev–Trinajstić information content (AvgIpc) is 3.26. The minimum atomic E-state index is -0.933. The van der Waals surface area contributed by atoms with Gasteiger partial charge in [-0.2, -0.15) is 4.98 Å². The van der Waals surface area contributed by atoms with E-state index in [1.807, 2.05) is 0 Å². The summed E-state index contributed by atoms with van der Waals surface area (Å²) in [7, 11) is 1.52. The fourth-order valence-corrected chi connectivity index (χ4v) is 2.78. The summed E-state index contributed by atoms with van der Waals surface area (Å²) in [6, 6.07) is 8.47. The van der Waals surface area contributed by atoms with E-state index in [1.165, 1.54) is 32.2 Å². The summed E-state index contributed by atoms with van der Waals surface area (Å²) in [5.74, 6) is -1.06. The van der Waals surface area contributed by atoms with Crippen LogP contribution in [0.15, 0.2) is 40.9 Å². The third kappa shape index (κ3) is 5.24. The number of rotatable bonds is 9. The fourth-order valence-electron chi connectivity index (χ4n) is 2.78. The van der Waals surface area contributed by atoms with Gasteiger partial charge < -0.3 is 19.3 Å². The van der Waals surface area contributed by atoms with Crippen molar-refractivity contribution in [3.8, 4) is 11.4 Å². The first-order valence-corrected chi connectivity index (χ1v) is 9.62. The standard InChI is InChI=1S/C21H21FN4O6/c1-12-4-5-14(10-16(12)22)19-24-20(32-25-19)13(2)31-21(27)15-6-7-17(23-8-9-30-3)18(11-15)26(28)29/h4-7,10-11,13,23H,8-9H2,1-3H3. The van der Waals surface area contributed by atoms with Crippen LogP contribution in [0, 0.1) is 22.9 Å². The van der Waals surface area contributed by atoms with Crippen LogP contribution in [0.2, 0.25) is 0 Å². The molecule has 0 aliphatic rings. The highest BCUT2D eigenvalue weighted by Gasteiger charge is 2.23. The zero-order valence-corrected chi connectivity index (χ0v) is 17.6. The zero-order valence-electron chi connectivity index (χ0n) is 17.6. The summed E-state index contributed by atoms with van der Waals surface area (Å²) in [5.41, 5.74) is 0.858. The second-order valence-corrected chi connectivity index (χ2v) is 6.88. The molecule has 2 aromatic carbocycles. The van der Waals surface area contributed by atoms with E-state index in [0.29, 0.717) is 24.3 Å². The molecule has 3 rings (SSSR count). The molecule has 10 nitrogen and oxygen atoms in total. The Hall–Kier alpha value is -3.86. The van der Waals surface area contributed by atoms with Gasteiger partial charge in [0.2, 0.25) is 5.82 Å². The van der Waals surface area contributed by atoms with Crippen molar-refractivity contribution in [3.63, 3.8) is 0 Å². The first-order chi connectivity index (χ1) is 15.3. The van der Waals surface area contributed by atoms with Gasteiger partial charge in [0.05, 0.1) is 17.1 Å². The molecule has 168 valence electrons. The molecule has 1 aromatic heterocycles. The van der Waals surface area contributed by atoms with E-state index in [4.69, 9.17) is 14.0 Å². The van der Waals surface area contributed by atoms with Crippen LogP contribution >= 0.6 is 0 Å². The summed E-state index contributed by atoms with van der Waals surface area (Å²) in [5, 5.41) is 18.0. The number of nitro groups is 1. The first-order valence-electron chi connectivity index (χ1n) is 9.62. The Bertz CT molecular complexity index is 1130. The normalized spacial score (nSPS) is 11.8. The molecular formula is C21H21FN4O6. The van der Waals surface area contributed by atoms with E-state index in [9.17, 15) is 19.3 Å². The summed E-state index contributed by atoms with van der Waals surface area (Å²) in [4.78, 5) is 27.4. The lowest BCUT2D eigenvalue weighted by Crippen LogP contribution is -2.12. The highest BCUT2D eigenvalue weighted by Crippen LogP contribution is 2.27. The van der Waals surface area contributed by atoms with E-state index >= 15 is 0 Å². The van der Waals surface area contributed by atoms with E-state index in [0.717, 1.165) is 6.07 Å². The van der Waals surface area contributed by atoms with Gasteiger partial charge in [-0.3, -0.25) is 10.1 Å². The molecule has 11 heteroatoms. The second-order valence-electron chi connectivity index (χ2n) is 6.88. The number of hydrogen-bond acceptors (Lipinski definition) is 9. The number of carbonyl (C=O) groups is 1. The highest BCUT2D eigenvalue weighted by atomic mass is 19.1. The third-order valence-electron chi connectivity index (χ3n) is 4.56. The molecule has 0 saturated carbocycles. The second kappa shape index (κ2) is 9.96. The number of nitro benzene ring substituents is 1. The van der Waals surface area contributed by atoms with Crippen LogP contribution < -0.4 is 5.32 Å². The summed E-state index contributed by atoms with van der Waals surface area (Å²) < 4.78 is 29.1. The number of benzene rings is 2. The van der Waals surface area contributed by atoms with Crippen LogP contribution in [0.25, 0.3) is 11.4 Å². The quantitative estimate of drug-likeness (QED) is 0.225. The van der Waals surface area contributed by atoms with Gasteiger partial charge in [0.25, 0.3) is 11.6 Å². The number of anilines is 1. The number of carbonyl (C=O) groups excluding carboxylic acids is 1. The van der Waals surface area contributed by atoms with E-state index in [1.54, 1.807) is 19.1 Å². The smallest absolute Gasteiger partial charge is 0.339 e. The predicted molar refractivity (Wildman–Crippen MR) is 112 cm³/mol. The minimum absolute atomic E-state index is 0.00156. The van der Waals surface area contributed by atoms with Crippen LogP contribution in [-0.4, -0.2) is 41.3 Å². The van der Waals surface area contributed by atoms with Crippen molar-refractivity contribution in [2.45, 2.75) is 20.0 Å². The van der Waals surface area contributed by atoms with Crippen molar-refractivity contribution < 1.29 is 28.1 Å². The molecular weight excluding hydrogens is 423 g/mol. The van der Waals surface area contributed by atoms with Gasteiger partial charge in [-0.05, 0) is 37.6 Å². The van der Waals surface area contributed by atoms with Crippen molar-refractivity contribution in [2.75, 3.05) is 25.6 Å². The lowest BCUT2D eigenvalue weighted by atomic mass is 10.1. The van der Waals surface area contributed by atoms with Crippen LogP contribution in [0.5, 0.6) is 0 Å². The molecule has 0 radical (unpaired) electrons. The van der Waals surface area contributed by atoms with Crippen molar-refractivity contribution in [3.05, 3.63) is 69.3 Å². The van der Waals surface area contributed by atoms with Gasteiger partial charge in [0, 0.05) is 25.3 Å². The minimum Gasteiger partial charge on any atom is -0.449 e. The predicted octanol–water partition coefficient (Wildman–Crippen LogP) is 4.07. The van der Waals surface area contributed by atoms with Gasteiger partial charge in [0.15, 0.2) is 6.10 Å². The Morgan fingerprint density at radius 3 is 2.78 bits per heavy atom. The van der Waals surface area contributed by atoms with E-state index in [-0.39, 0.29) is 28.7 Å². The Labute approximate surface area is 182 Å². The maximum absolute atomic E-state index is 13.8. The van der Waals surface area contributed by atoms with Crippen molar-refractivity contribution in [1.29, 1.82) is 0 Å². The lowest BCUT2D eigenvalue weighted by Gasteiger charge is -2.11. The summed E-state index contributed by atoms with van der Waals surface area (Å²) in [6.07, 6.45) is -0.933. The molecule has 0 aliphatic carbocycles. The monoisotopic (exact) mass is 444 g/mol. The molecule has 0 bridgehead atoms. The van der Waals surface area contributed by atoms with Crippen molar-refractivity contribution in [1.82, 2.24) is 10.1 Å². The number of aryl methyl sites for hydroxylation is 1. The van der Waals surface area contributed by atoms with Crippen LogP contribution in [0.3, 0.4) is 0 Å². The summed E-state index contributed by atoms with van der Waals surface area (Å²) >= 11 is 0. The molecule has 0 aliphatic heterocycles. The van der Waals surface area contributed by atoms with Crippen LogP contribution in [0.4, 0.5) is 15.8 Å². The third-order valence-corrected chi connectivity index (χ3v) is 4.56. The number of nitrogens with one attached hydrogen (secondary N) is 1. The first kappa shape index (κ1) is 22.8. The Balaban J connectivity index is 1.72. The Morgan fingerprint density at radius 2 is 2.09 bits per heavy atom. The van der Waals surface area contributed by atoms with Crippen LogP contribution in [-0.2, 0) is 9.47 Å². The molecule has 1 atom stereocenters. The topological polar surface area (TPSA) is 130 Å². The lowest BCUT2D eigenvalue weighted by molar-refractivity contribution is -0.384. The Morgan fingerprint density at radius 1 is 1.31 bits per heavy atom. The van der Waals surface area contributed by atoms with Crippen molar-refractivity contribution in [2.24, 2.45) is 0 Å². The van der Waals surface area contributed by atoms with Gasteiger partial charge in [-0.25, -0.2) is 9.18 Å². The number of halogens is 1. The van der Waals surface area contributed by atoms with E-state index < -0.39 is 22.8 Å². The molecule has 1 heterocycles. The average molecular weight is 444 g/mol. The fraction of sp³-hybridized carbons (Fsp3) is 0.286. The molecule has 32 heavy (non-hydrogen) atoms. The molecule has 0 amide bonds. The van der Waals surface area contributed by atoms with Gasteiger partial charge in [0.1, 0.15) is 11.5 Å². The number of ether oxygens (including phenoxy) is 2. The SMILES string of the molecule is COCCNc1ccc(C(=O)OC(C)c2nc(-c3ccc(C)c(F)c3)no2)cc1[N+](=O)[O-]. The maximum Gasteiger partial charge on any atom is 0.339 e. The molecule has 1 N–H and O–H groups in total. The van der Waals surface area contributed by atoms with Crippen molar-refractivity contribution >= 4 is 17.3 Å².